The first kappa shape index (κ1) is 20.3. The summed E-state index contributed by atoms with van der Waals surface area (Å²) in [4.78, 5) is 9.51. The molecule has 0 fully saturated rings. The van der Waals surface area contributed by atoms with Crippen molar-refractivity contribution >= 4 is 23.2 Å². The molecule has 0 aliphatic rings. The Bertz CT molecular complexity index is 1400. The van der Waals surface area contributed by atoms with Gasteiger partial charge in [-0.1, -0.05) is 65.7 Å². The lowest BCUT2D eigenvalue weighted by atomic mass is 10.0. The highest BCUT2D eigenvalue weighted by atomic mass is 35.5. The minimum Gasteiger partial charge on any atom is -0.236 e. The minimum atomic E-state index is 0.509. The molecule has 32 heavy (non-hydrogen) atoms. The highest BCUT2D eigenvalue weighted by Gasteiger charge is 2.20. The van der Waals surface area contributed by atoms with Crippen LogP contribution in [0.25, 0.3) is 39.7 Å². The van der Waals surface area contributed by atoms with Crippen LogP contribution in [0.2, 0.25) is 10.0 Å². The van der Waals surface area contributed by atoms with Crippen LogP contribution in [0.3, 0.4) is 0 Å². The second-order valence-electron chi connectivity index (χ2n) is 7.18. The fourth-order valence-corrected chi connectivity index (χ4v) is 4.04. The zero-order chi connectivity index (χ0) is 22.1. The van der Waals surface area contributed by atoms with E-state index in [1.54, 1.807) is 29.1 Å². The standard InChI is InChI=1S/C24H16Cl2N6/c1-15-7-5-6-10-20(15)22-21(24-29-30-31-32(24)19-8-3-2-4-9-19)14-27-23(28-22)16-11-17(25)13-18(26)12-16/h2-14H,1H3. The van der Waals surface area contributed by atoms with Crippen molar-refractivity contribution in [2.75, 3.05) is 0 Å². The van der Waals surface area contributed by atoms with Gasteiger partial charge in [-0.15, -0.1) is 5.10 Å². The van der Waals surface area contributed by atoms with Crippen molar-refractivity contribution in [3.63, 3.8) is 0 Å². The quantitative estimate of drug-likeness (QED) is 0.326. The van der Waals surface area contributed by atoms with Gasteiger partial charge in [0.1, 0.15) is 0 Å². The number of halogens is 2. The maximum Gasteiger partial charge on any atom is 0.190 e. The van der Waals surface area contributed by atoms with Crippen molar-refractivity contribution in [1.82, 2.24) is 30.2 Å². The van der Waals surface area contributed by atoms with Crippen LogP contribution in [-0.2, 0) is 0 Å². The molecule has 6 nitrogen and oxygen atoms in total. The molecule has 0 aliphatic heterocycles. The third-order valence-corrected chi connectivity index (χ3v) is 5.46. The van der Waals surface area contributed by atoms with Crippen molar-refractivity contribution in [2.45, 2.75) is 6.92 Å². The Hall–Kier alpha value is -3.61. The molecule has 0 amide bonds. The molecule has 0 unspecified atom stereocenters. The summed E-state index contributed by atoms with van der Waals surface area (Å²) in [5, 5.41) is 13.4. The van der Waals surface area contributed by atoms with E-state index in [2.05, 4.69) is 20.5 Å². The fourth-order valence-electron chi connectivity index (χ4n) is 3.51. The summed E-state index contributed by atoms with van der Waals surface area (Å²) in [6.45, 7) is 2.04. The van der Waals surface area contributed by atoms with Crippen LogP contribution in [0, 0.1) is 6.92 Å². The number of para-hydroxylation sites is 1. The van der Waals surface area contributed by atoms with Crippen LogP contribution in [-0.4, -0.2) is 30.2 Å². The molecular formula is C24H16Cl2N6. The van der Waals surface area contributed by atoms with E-state index >= 15 is 0 Å². The molecule has 8 heteroatoms. The molecule has 5 aromatic rings. The Balaban J connectivity index is 1.74. The Kier molecular flexibility index (Phi) is 5.39. The second kappa shape index (κ2) is 8.49. The Labute approximate surface area is 194 Å². The third-order valence-electron chi connectivity index (χ3n) is 5.02. The zero-order valence-corrected chi connectivity index (χ0v) is 18.5. The summed E-state index contributed by atoms with van der Waals surface area (Å²) < 4.78 is 1.68. The van der Waals surface area contributed by atoms with Crippen molar-refractivity contribution < 1.29 is 0 Å². The van der Waals surface area contributed by atoms with Gasteiger partial charge in [-0.25, -0.2) is 9.97 Å². The van der Waals surface area contributed by atoms with Crippen LogP contribution in [0.5, 0.6) is 0 Å². The van der Waals surface area contributed by atoms with Gasteiger partial charge in [0.2, 0.25) is 0 Å². The monoisotopic (exact) mass is 458 g/mol. The summed E-state index contributed by atoms with van der Waals surface area (Å²) in [6, 6.07) is 23.0. The van der Waals surface area contributed by atoms with E-state index in [-0.39, 0.29) is 0 Å². The van der Waals surface area contributed by atoms with E-state index in [0.29, 0.717) is 27.3 Å². The van der Waals surface area contributed by atoms with Crippen LogP contribution < -0.4 is 0 Å². The second-order valence-corrected chi connectivity index (χ2v) is 8.05. The summed E-state index contributed by atoms with van der Waals surface area (Å²) >= 11 is 12.4. The lowest BCUT2D eigenvalue weighted by Crippen LogP contribution is -2.03. The van der Waals surface area contributed by atoms with Gasteiger partial charge in [0.25, 0.3) is 0 Å². The van der Waals surface area contributed by atoms with Gasteiger partial charge in [0.05, 0.1) is 16.9 Å². The predicted molar refractivity (Wildman–Crippen MR) is 126 cm³/mol. The number of benzene rings is 3. The molecule has 5 rings (SSSR count). The van der Waals surface area contributed by atoms with Gasteiger partial charge < -0.3 is 0 Å². The number of nitrogens with zero attached hydrogens (tertiary/aromatic N) is 6. The Morgan fingerprint density at radius 3 is 2.28 bits per heavy atom. The fraction of sp³-hybridized carbons (Fsp3) is 0.0417. The molecule has 156 valence electrons. The number of hydrogen-bond donors (Lipinski definition) is 0. The largest absolute Gasteiger partial charge is 0.236 e. The van der Waals surface area contributed by atoms with E-state index in [0.717, 1.165) is 28.1 Å². The molecule has 0 aliphatic carbocycles. The number of hydrogen-bond acceptors (Lipinski definition) is 5. The highest BCUT2D eigenvalue weighted by molar-refractivity contribution is 6.35. The van der Waals surface area contributed by atoms with Gasteiger partial charge in [0.15, 0.2) is 11.6 Å². The van der Waals surface area contributed by atoms with Crippen molar-refractivity contribution in [1.29, 1.82) is 0 Å². The van der Waals surface area contributed by atoms with E-state index in [4.69, 9.17) is 28.2 Å². The first-order valence-electron chi connectivity index (χ1n) is 9.84. The molecule has 0 N–H and O–H groups in total. The maximum absolute atomic E-state index is 6.21. The van der Waals surface area contributed by atoms with Gasteiger partial charge in [-0.3, -0.25) is 0 Å². The normalized spacial score (nSPS) is 11.0. The summed E-state index contributed by atoms with van der Waals surface area (Å²) in [6.07, 6.45) is 1.74. The van der Waals surface area contributed by atoms with E-state index in [9.17, 15) is 0 Å². The average molecular weight is 459 g/mol. The topological polar surface area (TPSA) is 69.4 Å². The molecule has 0 saturated heterocycles. The highest BCUT2D eigenvalue weighted by Crippen LogP contribution is 2.34. The Morgan fingerprint density at radius 2 is 1.53 bits per heavy atom. The van der Waals surface area contributed by atoms with E-state index in [1.165, 1.54) is 0 Å². The van der Waals surface area contributed by atoms with Gasteiger partial charge in [0, 0.05) is 27.4 Å². The smallest absolute Gasteiger partial charge is 0.190 e. The third kappa shape index (κ3) is 3.86. The van der Waals surface area contributed by atoms with Crippen molar-refractivity contribution in [2.24, 2.45) is 0 Å². The first-order chi connectivity index (χ1) is 15.6. The molecule has 0 saturated carbocycles. The van der Waals surface area contributed by atoms with Crippen molar-refractivity contribution in [3.05, 3.63) is 94.6 Å². The zero-order valence-electron chi connectivity index (χ0n) is 16.9. The maximum atomic E-state index is 6.21. The Morgan fingerprint density at radius 1 is 0.812 bits per heavy atom. The SMILES string of the molecule is Cc1ccccc1-c1nc(-c2cc(Cl)cc(Cl)c2)ncc1-c1nnnn1-c1ccccc1. The first-order valence-corrected chi connectivity index (χ1v) is 10.6. The van der Waals surface area contributed by atoms with Crippen LogP contribution >= 0.6 is 23.2 Å². The van der Waals surface area contributed by atoms with E-state index < -0.39 is 0 Å². The minimum absolute atomic E-state index is 0.509. The lowest BCUT2D eigenvalue weighted by molar-refractivity contribution is 0.791. The van der Waals surface area contributed by atoms with Crippen LogP contribution in [0.1, 0.15) is 5.56 Å². The number of rotatable bonds is 4. The predicted octanol–water partition coefficient (Wildman–Crippen LogP) is 6.07. The number of tetrazole rings is 1. The van der Waals surface area contributed by atoms with Crippen LogP contribution in [0.15, 0.2) is 79.0 Å². The number of aryl methyl sites for hydroxylation is 1. The summed E-state index contributed by atoms with van der Waals surface area (Å²) in [5.41, 5.74) is 5.03. The lowest BCUT2D eigenvalue weighted by Gasteiger charge is -2.13. The molecule has 3 aromatic carbocycles. The summed E-state index contributed by atoms with van der Waals surface area (Å²) in [7, 11) is 0. The molecule has 0 radical (unpaired) electrons. The number of aromatic nitrogens is 6. The summed E-state index contributed by atoms with van der Waals surface area (Å²) in [5.74, 6) is 1.06. The average Bonchev–Trinajstić information content (AvgIpc) is 3.29. The molecule has 0 spiro atoms. The molecule has 2 heterocycles. The molecule has 0 bridgehead atoms. The molecular weight excluding hydrogens is 443 g/mol. The van der Waals surface area contributed by atoms with Gasteiger partial charge in [-0.05, 0) is 53.2 Å². The van der Waals surface area contributed by atoms with Crippen LogP contribution in [0.4, 0.5) is 0 Å². The van der Waals surface area contributed by atoms with Gasteiger partial charge in [-0.2, -0.15) is 4.68 Å². The van der Waals surface area contributed by atoms with E-state index in [1.807, 2.05) is 61.5 Å². The van der Waals surface area contributed by atoms with Gasteiger partial charge >= 0.3 is 0 Å². The molecule has 2 aromatic heterocycles. The molecule has 0 atom stereocenters. The van der Waals surface area contributed by atoms with Crippen molar-refractivity contribution in [3.8, 4) is 39.7 Å².